The summed E-state index contributed by atoms with van der Waals surface area (Å²) in [6.45, 7) is 8.69. The Kier molecular flexibility index (Phi) is 4.60. The summed E-state index contributed by atoms with van der Waals surface area (Å²) >= 11 is 0. The van der Waals surface area contributed by atoms with E-state index < -0.39 is 6.10 Å². The summed E-state index contributed by atoms with van der Waals surface area (Å²) < 4.78 is 0. The van der Waals surface area contributed by atoms with Gasteiger partial charge in [0.2, 0.25) is 5.91 Å². The molecule has 0 bridgehead atoms. The quantitative estimate of drug-likeness (QED) is 0.909. The first-order valence-electron chi connectivity index (χ1n) is 7.18. The van der Waals surface area contributed by atoms with Crippen molar-refractivity contribution < 1.29 is 9.90 Å². The number of piperazine rings is 1. The number of pyridine rings is 1. The summed E-state index contributed by atoms with van der Waals surface area (Å²) in [4.78, 5) is 19.9. The molecule has 0 spiro atoms. The first kappa shape index (κ1) is 14.8. The number of anilines is 1. The predicted octanol–water partition coefficient (Wildman–Crippen LogP) is 1.50. The van der Waals surface area contributed by atoms with Crippen LogP contribution in [0.25, 0.3) is 0 Å². The van der Waals surface area contributed by atoms with Crippen molar-refractivity contribution in [2.75, 3.05) is 31.1 Å². The number of amides is 1. The molecule has 2 heterocycles. The highest BCUT2D eigenvalue weighted by Gasteiger charge is 2.21. The lowest BCUT2D eigenvalue weighted by molar-refractivity contribution is -0.129. The van der Waals surface area contributed by atoms with Gasteiger partial charge in [-0.2, -0.15) is 0 Å². The average Bonchev–Trinajstić information content (AvgIpc) is 2.46. The number of carbonyl (C=O) groups excluding carboxylic acids is 1. The smallest absolute Gasteiger partial charge is 0.219 e. The van der Waals surface area contributed by atoms with Crippen molar-refractivity contribution in [1.82, 2.24) is 9.88 Å². The van der Waals surface area contributed by atoms with E-state index >= 15 is 0 Å². The van der Waals surface area contributed by atoms with Crippen molar-refractivity contribution >= 4 is 11.7 Å². The zero-order chi connectivity index (χ0) is 14.7. The van der Waals surface area contributed by atoms with Gasteiger partial charge >= 0.3 is 0 Å². The summed E-state index contributed by atoms with van der Waals surface area (Å²) in [6.07, 6.45) is 2.01. The molecule has 0 radical (unpaired) electrons. The molecule has 0 saturated carbocycles. The number of rotatable bonds is 3. The topological polar surface area (TPSA) is 56.7 Å². The molecular formula is C15H23N3O2. The van der Waals surface area contributed by atoms with Gasteiger partial charge in [0.25, 0.3) is 0 Å². The third kappa shape index (κ3) is 3.10. The summed E-state index contributed by atoms with van der Waals surface area (Å²) in [7, 11) is 0. The Balaban J connectivity index is 2.09. The van der Waals surface area contributed by atoms with Crippen LogP contribution in [0.15, 0.2) is 12.3 Å². The van der Waals surface area contributed by atoms with Gasteiger partial charge in [-0.3, -0.25) is 4.79 Å². The number of hydrogen-bond acceptors (Lipinski definition) is 4. The van der Waals surface area contributed by atoms with Crippen LogP contribution in [0.4, 0.5) is 5.82 Å². The van der Waals surface area contributed by atoms with E-state index in [1.807, 2.05) is 24.8 Å². The molecule has 0 aromatic carbocycles. The Hall–Kier alpha value is -1.62. The van der Waals surface area contributed by atoms with Crippen molar-refractivity contribution in [1.29, 1.82) is 0 Å². The summed E-state index contributed by atoms with van der Waals surface area (Å²) in [5, 5.41) is 9.85. The lowest BCUT2D eigenvalue weighted by Crippen LogP contribution is -2.48. The largest absolute Gasteiger partial charge is 0.388 e. The molecule has 1 amide bonds. The molecule has 1 atom stereocenters. The van der Waals surface area contributed by atoms with E-state index in [-0.39, 0.29) is 5.91 Å². The Morgan fingerprint density at radius 3 is 2.55 bits per heavy atom. The number of hydrogen-bond donors (Lipinski definition) is 1. The first-order chi connectivity index (χ1) is 9.52. The SMILES string of the molecule is CC[C@@H](O)c1cnc(N2CCN(C(C)=O)CC2)c(C)c1. The third-order valence-corrected chi connectivity index (χ3v) is 3.87. The van der Waals surface area contributed by atoms with E-state index in [0.717, 1.165) is 43.1 Å². The Morgan fingerprint density at radius 2 is 2.05 bits per heavy atom. The van der Waals surface area contributed by atoms with Gasteiger partial charge in [0, 0.05) is 39.3 Å². The molecule has 110 valence electrons. The fraction of sp³-hybridized carbons (Fsp3) is 0.600. The van der Waals surface area contributed by atoms with E-state index in [4.69, 9.17) is 0 Å². The van der Waals surface area contributed by atoms with Crippen LogP contribution in [-0.2, 0) is 4.79 Å². The molecule has 1 N–H and O–H groups in total. The van der Waals surface area contributed by atoms with Crippen molar-refractivity contribution in [3.05, 3.63) is 23.4 Å². The summed E-state index contributed by atoms with van der Waals surface area (Å²) in [5.74, 6) is 1.09. The molecule has 0 aliphatic carbocycles. The van der Waals surface area contributed by atoms with Crippen LogP contribution in [0.3, 0.4) is 0 Å². The minimum Gasteiger partial charge on any atom is -0.388 e. The van der Waals surface area contributed by atoms with Crippen LogP contribution >= 0.6 is 0 Å². The molecule has 20 heavy (non-hydrogen) atoms. The van der Waals surface area contributed by atoms with E-state index in [0.29, 0.717) is 6.42 Å². The highest BCUT2D eigenvalue weighted by molar-refractivity contribution is 5.73. The number of aromatic nitrogens is 1. The van der Waals surface area contributed by atoms with Crippen LogP contribution in [0.5, 0.6) is 0 Å². The number of carbonyl (C=O) groups is 1. The van der Waals surface area contributed by atoms with Gasteiger partial charge in [-0.25, -0.2) is 4.98 Å². The Bertz CT molecular complexity index is 482. The zero-order valence-corrected chi connectivity index (χ0v) is 12.5. The van der Waals surface area contributed by atoms with Crippen LogP contribution in [0.1, 0.15) is 37.5 Å². The predicted molar refractivity (Wildman–Crippen MR) is 78.7 cm³/mol. The molecule has 2 rings (SSSR count). The second-order valence-corrected chi connectivity index (χ2v) is 5.33. The molecule has 1 aromatic rings. The molecule has 1 fully saturated rings. The van der Waals surface area contributed by atoms with Crippen LogP contribution in [0, 0.1) is 6.92 Å². The standard InChI is InChI=1S/C15H23N3O2/c1-4-14(20)13-9-11(2)15(16-10-13)18-7-5-17(6-8-18)12(3)19/h9-10,14,20H,4-8H2,1-3H3/t14-/m1/s1. The first-order valence-corrected chi connectivity index (χ1v) is 7.18. The maximum atomic E-state index is 11.3. The molecule has 1 aliphatic rings. The number of aliphatic hydroxyl groups is 1. The average molecular weight is 277 g/mol. The Morgan fingerprint density at radius 1 is 1.40 bits per heavy atom. The zero-order valence-electron chi connectivity index (χ0n) is 12.5. The molecule has 1 aliphatic heterocycles. The number of aryl methyl sites for hydroxylation is 1. The van der Waals surface area contributed by atoms with Gasteiger partial charge in [-0.05, 0) is 30.5 Å². The normalized spacial score (nSPS) is 17.2. The molecule has 5 heteroatoms. The van der Waals surface area contributed by atoms with Gasteiger partial charge in [0.05, 0.1) is 6.10 Å². The van der Waals surface area contributed by atoms with Gasteiger partial charge in [-0.15, -0.1) is 0 Å². The monoisotopic (exact) mass is 277 g/mol. The Labute approximate surface area is 120 Å². The maximum Gasteiger partial charge on any atom is 0.219 e. The number of aliphatic hydroxyl groups excluding tert-OH is 1. The second-order valence-electron chi connectivity index (χ2n) is 5.33. The maximum absolute atomic E-state index is 11.3. The van der Waals surface area contributed by atoms with Crippen molar-refractivity contribution in [3.63, 3.8) is 0 Å². The fourth-order valence-corrected chi connectivity index (χ4v) is 2.57. The van der Waals surface area contributed by atoms with Crippen molar-refractivity contribution in [2.24, 2.45) is 0 Å². The third-order valence-electron chi connectivity index (χ3n) is 3.87. The van der Waals surface area contributed by atoms with Crippen LogP contribution in [-0.4, -0.2) is 47.1 Å². The lowest BCUT2D eigenvalue weighted by Gasteiger charge is -2.35. The minimum absolute atomic E-state index is 0.135. The van der Waals surface area contributed by atoms with Gasteiger partial charge < -0.3 is 14.9 Å². The van der Waals surface area contributed by atoms with Gasteiger partial charge in [0.15, 0.2) is 0 Å². The fourth-order valence-electron chi connectivity index (χ4n) is 2.57. The van der Waals surface area contributed by atoms with Crippen molar-refractivity contribution in [2.45, 2.75) is 33.3 Å². The molecule has 1 saturated heterocycles. The van der Waals surface area contributed by atoms with Crippen molar-refractivity contribution in [3.8, 4) is 0 Å². The van der Waals surface area contributed by atoms with E-state index in [1.165, 1.54) is 0 Å². The minimum atomic E-state index is -0.440. The van der Waals surface area contributed by atoms with Gasteiger partial charge in [0.1, 0.15) is 5.82 Å². The molecule has 5 nitrogen and oxygen atoms in total. The highest BCUT2D eigenvalue weighted by atomic mass is 16.3. The molecule has 0 unspecified atom stereocenters. The van der Waals surface area contributed by atoms with E-state index in [1.54, 1.807) is 13.1 Å². The van der Waals surface area contributed by atoms with Crippen LogP contribution in [0.2, 0.25) is 0 Å². The highest BCUT2D eigenvalue weighted by Crippen LogP contribution is 2.23. The number of nitrogens with zero attached hydrogens (tertiary/aromatic N) is 3. The molecule has 1 aromatic heterocycles. The second kappa shape index (κ2) is 6.22. The lowest BCUT2D eigenvalue weighted by atomic mass is 10.1. The van der Waals surface area contributed by atoms with Gasteiger partial charge in [-0.1, -0.05) is 6.92 Å². The summed E-state index contributed by atoms with van der Waals surface area (Å²) in [6, 6.07) is 2.01. The van der Waals surface area contributed by atoms with E-state index in [2.05, 4.69) is 9.88 Å². The van der Waals surface area contributed by atoms with Crippen LogP contribution < -0.4 is 4.90 Å². The molecular weight excluding hydrogens is 254 g/mol. The van der Waals surface area contributed by atoms with E-state index in [9.17, 15) is 9.90 Å². The summed E-state index contributed by atoms with van der Waals surface area (Å²) in [5.41, 5.74) is 1.95.